The molecule has 0 atom stereocenters. The number of aryl methyl sites for hydroxylation is 1. The summed E-state index contributed by atoms with van der Waals surface area (Å²) in [6, 6.07) is 12.5. The molecule has 4 rings (SSSR count). The first kappa shape index (κ1) is 18.4. The normalized spacial score (nSPS) is 16.1. The fraction of sp³-hybridized carbons (Fsp3) is 0.364. The van der Waals surface area contributed by atoms with Crippen LogP contribution in [0.5, 0.6) is 0 Å². The minimum atomic E-state index is 0.640. The molecule has 0 N–H and O–H groups in total. The number of likely N-dealkylation sites (N-methyl/N-ethyl adjacent to an activating group) is 1. The zero-order valence-electron chi connectivity index (χ0n) is 16.0. The van der Waals surface area contributed by atoms with E-state index in [9.17, 15) is 0 Å². The molecule has 1 aromatic carbocycles. The summed E-state index contributed by atoms with van der Waals surface area (Å²) in [5, 5.41) is 1.87. The van der Waals surface area contributed by atoms with Crippen LogP contribution in [0.3, 0.4) is 0 Å². The van der Waals surface area contributed by atoms with Crippen LogP contribution in [0.2, 0.25) is 5.02 Å². The number of fused-ring (bicyclic) bond motifs is 1. The van der Waals surface area contributed by atoms with Gasteiger partial charge in [0.1, 0.15) is 0 Å². The Kier molecular flexibility index (Phi) is 5.39. The molecular weight excluding hydrogens is 356 g/mol. The summed E-state index contributed by atoms with van der Waals surface area (Å²) in [7, 11) is 2.20. The summed E-state index contributed by atoms with van der Waals surface area (Å²) in [4.78, 5) is 14.2. The van der Waals surface area contributed by atoms with Crippen LogP contribution < -0.4 is 0 Å². The van der Waals surface area contributed by atoms with Gasteiger partial charge in [-0.2, -0.15) is 0 Å². The molecule has 0 bridgehead atoms. The van der Waals surface area contributed by atoms with E-state index in [0.717, 1.165) is 29.9 Å². The molecule has 0 saturated carbocycles. The van der Waals surface area contributed by atoms with Crippen molar-refractivity contribution in [1.29, 1.82) is 0 Å². The van der Waals surface area contributed by atoms with Crippen molar-refractivity contribution in [3.05, 3.63) is 58.7 Å². The van der Waals surface area contributed by atoms with Crippen molar-refractivity contribution < 1.29 is 0 Å². The van der Waals surface area contributed by atoms with Gasteiger partial charge in [0.15, 0.2) is 0 Å². The quantitative estimate of drug-likeness (QED) is 0.683. The molecule has 0 amide bonds. The minimum Gasteiger partial charge on any atom is -0.304 e. The summed E-state index contributed by atoms with van der Waals surface area (Å²) < 4.78 is 0. The van der Waals surface area contributed by atoms with Gasteiger partial charge >= 0.3 is 0 Å². The van der Waals surface area contributed by atoms with Crippen LogP contribution >= 0.6 is 11.6 Å². The van der Waals surface area contributed by atoms with Gasteiger partial charge in [-0.3, -0.25) is 4.98 Å². The van der Waals surface area contributed by atoms with E-state index in [1.165, 1.54) is 42.7 Å². The number of rotatable bonds is 4. The number of pyridine rings is 2. The van der Waals surface area contributed by atoms with Crippen LogP contribution in [-0.2, 0) is 6.42 Å². The molecule has 4 nitrogen and oxygen atoms in total. The van der Waals surface area contributed by atoms with Crippen LogP contribution in [0.25, 0.3) is 22.3 Å². The van der Waals surface area contributed by atoms with E-state index in [-0.39, 0.29) is 0 Å². The molecule has 27 heavy (non-hydrogen) atoms. The molecule has 1 aliphatic heterocycles. The molecule has 2 aromatic heterocycles. The van der Waals surface area contributed by atoms with E-state index < -0.39 is 0 Å². The highest BCUT2D eigenvalue weighted by molar-refractivity contribution is 6.30. The highest BCUT2D eigenvalue weighted by Gasteiger charge is 2.13. The fourth-order valence-electron chi connectivity index (χ4n) is 3.61. The third kappa shape index (κ3) is 4.29. The molecule has 3 aromatic rings. The molecule has 3 heterocycles. The van der Waals surface area contributed by atoms with Crippen molar-refractivity contribution in [1.82, 2.24) is 19.8 Å². The highest BCUT2D eigenvalue weighted by Crippen LogP contribution is 2.25. The van der Waals surface area contributed by atoms with Crippen molar-refractivity contribution in [2.45, 2.75) is 13.3 Å². The number of hydrogen-bond donors (Lipinski definition) is 0. The van der Waals surface area contributed by atoms with Gasteiger partial charge in [-0.15, -0.1) is 0 Å². The second-order valence-electron chi connectivity index (χ2n) is 7.43. The number of hydrogen-bond acceptors (Lipinski definition) is 4. The Labute approximate surface area is 165 Å². The molecule has 5 heteroatoms. The third-order valence-electron chi connectivity index (χ3n) is 5.38. The zero-order chi connectivity index (χ0) is 18.8. The van der Waals surface area contributed by atoms with Crippen molar-refractivity contribution in [2.24, 2.45) is 0 Å². The molecule has 140 valence electrons. The summed E-state index contributed by atoms with van der Waals surface area (Å²) in [6.07, 6.45) is 2.75. The maximum Gasteiger partial charge on any atom is 0.0896 e. The Bertz CT molecular complexity index is 931. The smallest absolute Gasteiger partial charge is 0.0896 e. The first-order chi connectivity index (χ1) is 13.1. The molecule has 0 aliphatic carbocycles. The van der Waals surface area contributed by atoms with E-state index in [1.54, 1.807) is 6.20 Å². The topological polar surface area (TPSA) is 32.3 Å². The molecule has 1 fully saturated rings. The van der Waals surface area contributed by atoms with Crippen molar-refractivity contribution >= 4 is 22.5 Å². The minimum absolute atomic E-state index is 0.640. The predicted molar refractivity (Wildman–Crippen MR) is 112 cm³/mol. The second-order valence-corrected chi connectivity index (χ2v) is 7.87. The number of aromatic nitrogens is 2. The Morgan fingerprint density at radius 3 is 2.56 bits per heavy atom. The lowest BCUT2D eigenvalue weighted by atomic mass is 10.0. The number of halogens is 1. The van der Waals surface area contributed by atoms with Crippen LogP contribution in [-0.4, -0.2) is 59.5 Å². The van der Waals surface area contributed by atoms with Gasteiger partial charge in [-0.1, -0.05) is 17.7 Å². The summed E-state index contributed by atoms with van der Waals surface area (Å²) >= 11 is 5.95. The lowest BCUT2D eigenvalue weighted by Crippen LogP contribution is -2.45. The van der Waals surface area contributed by atoms with Gasteiger partial charge in [0, 0.05) is 44.3 Å². The first-order valence-corrected chi connectivity index (χ1v) is 9.89. The summed E-state index contributed by atoms with van der Waals surface area (Å²) in [5.41, 5.74) is 5.37. The van der Waals surface area contributed by atoms with Gasteiger partial charge in [0.25, 0.3) is 0 Å². The lowest BCUT2D eigenvalue weighted by Gasteiger charge is -2.32. The van der Waals surface area contributed by atoms with E-state index in [2.05, 4.69) is 53.0 Å². The van der Waals surface area contributed by atoms with E-state index in [1.807, 2.05) is 12.1 Å². The van der Waals surface area contributed by atoms with E-state index in [0.29, 0.717) is 5.02 Å². The molecule has 0 spiro atoms. The Balaban J connectivity index is 1.53. The number of piperazine rings is 1. The maximum atomic E-state index is 5.95. The average Bonchev–Trinajstić information content (AvgIpc) is 2.68. The standard InChI is InChI=1S/C22H25ClN4/c1-16-13-22(21-6-4-18(23)15-24-21)25-20-5-3-17(14-19(16)20)7-8-27-11-9-26(2)10-12-27/h3-6,13-15H,7-12H2,1-2H3. The Morgan fingerprint density at radius 2 is 1.81 bits per heavy atom. The third-order valence-corrected chi connectivity index (χ3v) is 5.61. The predicted octanol–water partition coefficient (Wildman–Crippen LogP) is 4.05. The largest absolute Gasteiger partial charge is 0.304 e. The molecule has 1 aliphatic rings. The fourth-order valence-corrected chi connectivity index (χ4v) is 3.73. The Morgan fingerprint density at radius 1 is 1.00 bits per heavy atom. The van der Waals surface area contributed by atoms with Crippen LogP contribution in [0.1, 0.15) is 11.1 Å². The van der Waals surface area contributed by atoms with Crippen molar-refractivity contribution in [3.63, 3.8) is 0 Å². The zero-order valence-corrected chi connectivity index (χ0v) is 16.7. The van der Waals surface area contributed by atoms with E-state index in [4.69, 9.17) is 16.6 Å². The SMILES string of the molecule is Cc1cc(-c2ccc(Cl)cn2)nc2ccc(CCN3CCN(C)CC3)cc12. The van der Waals surface area contributed by atoms with Crippen LogP contribution in [0, 0.1) is 6.92 Å². The van der Waals surface area contributed by atoms with Crippen molar-refractivity contribution in [3.8, 4) is 11.4 Å². The maximum absolute atomic E-state index is 5.95. The lowest BCUT2D eigenvalue weighted by molar-refractivity contribution is 0.155. The van der Waals surface area contributed by atoms with Gasteiger partial charge < -0.3 is 9.80 Å². The van der Waals surface area contributed by atoms with Gasteiger partial charge in [0.05, 0.1) is 21.9 Å². The molecule has 0 unspecified atom stereocenters. The molecule has 1 saturated heterocycles. The summed E-state index contributed by atoms with van der Waals surface area (Å²) in [6.45, 7) is 7.95. The van der Waals surface area contributed by atoms with Crippen LogP contribution in [0.4, 0.5) is 0 Å². The van der Waals surface area contributed by atoms with Crippen molar-refractivity contribution in [2.75, 3.05) is 39.8 Å². The highest BCUT2D eigenvalue weighted by atomic mass is 35.5. The molecular formula is C22H25ClN4. The number of benzene rings is 1. The molecule has 0 radical (unpaired) electrons. The van der Waals surface area contributed by atoms with Gasteiger partial charge in [-0.25, -0.2) is 4.98 Å². The average molecular weight is 381 g/mol. The van der Waals surface area contributed by atoms with Gasteiger partial charge in [0.2, 0.25) is 0 Å². The summed E-state index contributed by atoms with van der Waals surface area (Å²) in [5.74, 6) is 0. The van der Waals surface area contributed by atoms with Gasteiger partial charge in [-0.05, 0) is 61.9 Å². The van der Waals surface area contributed by atoms with E-state index >= 15 is 0 Å². The first-order valence-electron chi connectivity index (χ1n) is 9.51. The number of nitrogens with zero attached hydrogens (tertiary/aromatic N) is 4. The van der Waals surface area contributed by atoms with Crippen LogP contribution in [0.15, 0.2) is 42.6 Å². The Hall–Kier alpha value is -2.01. The second kappa shape index (κ2) is 7.93. The monoisotopic (exact) mass is 380 g/mol.